The third-order valence-corrected chi connectivity index (χ3v) is 2.89. The Bertz CT molecular complexity index is 167. The molecule has 0 unspecified atom stereocenters. The Balaban J connectivity index is 2.31. The lowest BCUT2D eigenvalue weighted by molar-refractivity contribution is 0.0972. The van der Waals surface area contributed by atoms with Crippen LogP contribution < -0.4 is 0 Å². The van der Waals surface area contributed by atoms with Crippen molar-refractivity contribution in [1.29, 1.82) is 5.26 Å². The summed E-state index contributed by atoms with van der Waals surface area (Å²) in [5.74, 6) is 0.741. The average Bonchev–Trinajstić information content (AvgIpc) is 2.21. The van der Waals surface area contributed by atoms with Gasteiger partial charge in [-0.1, -0.05) is 19.3 Å². The fourth-order valence-corrected chi connectivity index (χ4v) is 2.06. The maximum Gasteiger partial charge on any atom is 0.0725 e. The van der Waals surface area contributed by atoms with Crippen molar-refractivity contribution in [3.05, 3.63) is 0 Å². The van der Waals surface area contributed by atoms with E-state index in [0.717, 1.165) is 6.61 Å². The third kappa shape index (κ3) is 3.36. The Morgan fingerprint density at radius 3 is 2.62 bits per heavy atom. The first-order valence-electron chi connectivity index (χ1n) is 5.35. The van der Waals surface area contributed by atoms with Crippen LogP contribution in [0.3, 0.4) is 0 Å². The van der Waals surface area contributed by atoms with E-state index in [0.29, 0.717) is 12.5 Å². The summed E-state index contributed by atoms with van der Waals surface area (Å²) in [6.07, 6.45) is 6.41. The molecule has 0 amide bonds. The van der Waals surface area contributed by atoms with Gasteiger partial charge in [0.2, 0.25) is 0 Å². The van der Waals surface area contributed by atoms with Crippen molar-refractivity contribution in [3.63, 3.8) is 0 Å². The molecule has 0 aromatic rings. The lowest BCUT2D eigenvalue weighted by Crippen LogP contribution is -2.21. The lowest BCUT2D eigenvalue weighted by atomic mass is 9.81. The van der Waals surface area contributed by atoms with Crippen LogP contribution in [0.1, 0.15) is 39.0 Å². The van der Waals surface area contributed by atoms with Crippen LogP contribution in [0.15, 0.2) is 0 Å². The van der Waals surface area contributed by atoms with Crippen molar-refractivity contribution in [2.75, 3.05) is 13.2 Å². The molecular weight excluding hydrogens is 162 g/mol. The maximum absolute atomic E-state index is 8.97. The molecule has 0 aromatic heterocycles. The van der Waals surface area contributed by atoms with E-state index in [1.165, 1.54) is 32.1 Å². The van der Waals surface area contributed by atoms with Crippen molar-refractivity contribution in [2.24, 2.45) is 11.8 Å². The molecule has 0 saturated heterocycles. The minimum atomic E-state index is 0.139. The molecule has 1 aliphatic rings. The van der Waals surface area contributed by atoms with Crippen molar-refractivity contribution in [1.82, 2.24) is 0 Å². The summed E-state index contributed by atoms with van der Waals surface area (Å²) in [5.41, 5.74) is 0. The second-order valence-corrected chi connectivity index (χ2v) is 3.79. The van der Waals surface area contributed by atoms with E-state index in [1.807, 2.05) is 6.92 Å². The van der Waals surface area contributed by atoms with Gasteiger partial charge in [-0.15, -0.1) is 0 Å². The van der Waals surface area contributed by atoms with Crippen molar-refractivity contribution >= 4 is 0 Å². The van der Waals surface area contributed by atoms with E-state index in [4.69, 9.17) is 10.00 Å². The zero-order valence-corrected chi connectivity index (χ0v) is 8.46. The van der Waals surface area contributed by atoms with Gasteiger partial charge in [-0.2, -0.15) is 5.26 Å². The first-order valence-corrected chi connectivity index (χ1v) is 5.35. The van der Waals surface area contributed by atoms with Gasteiger partial charge in [0.05, 0.1) is 18.6 Å². The zero-order valence-electron chi connectivity index (χ0n) is 8.46. The molecule has 1 atom stereocenters. The number of hydrogen-bond donors (Lipinski definition) is 0. The Labute approximate surface area is 80.9 Å². The highest BCUT2D eigenvalue weighted by molar-refractivity contribution is 4.89. The molecule has 0 aromatic carbocycles. The highest BCUT2D eigenvalue weighted by atomic mass is 16.5. The third-order valence-electron chi connectivity index (χ3n) is 2.89. The van der Waals surface area contributed by atoms with Crippen LogP contribution in [0.5, 0.6) is 0 Å². The molecule has 0 bridgehead atoms. The van der Waals surface area contributed by atoms with E-state index < -0.39 is 0 Å². The number of hydrogen-bond acceptors (Lipinski definition) is 2. The van der Waals surface area contributed by atoms with Gasteiger partial charge >= 0.3 is 0 Å². The standard InChI is InChI=1S/C11H19NO/c1-2-13-9-11(8-12)10-6-4-3-5-7-10/h10-11H,2-7,9H2,1H3/t11-/m1/s1. The average molecular weight is 181 g/mol. The molecule has 0 radical (unpaired) electrons. The molecule has 1 saturated carbocycles. The monoisotopic (exact) mass is 181 g/mol. The largest absolute Gasteiger partial charge is 0.380 e. The molecule has 1 aliphatic carbocycles. The van der Waals surface area contributed by atoms with Gasteiger partial charge in [0.15, 0.2) is 0 Å². The SMILES string of the molecule is CCOC[C@@H](C#N)C1CCCCC1. The Morgan fingerprint density at radius 2 is 2.08 bits per heavy atom. The highest BCUT2D eigenvalue weighted by Crippen LogP contribution is 2.29. The quantitative estimate of drug-likeness (QED) is 0.668. The summed E-state index contributed by atoms with van der Waals surface area (Å²) in [4.78, 5) is 0. The summed E-state index contributed by atoms with van der Waals surface area (Å²) in [6.45, 7) is 3.35. The van der Waals surface area contributed by atoms with E-state index in [9.17, 15) is 0 Å². The molecule has 0 heterocycles. The van der Waals surface area contributed by atoms with Gasteiger partial charge in [0.25, 0.3) is 0 Å². The molecule has 2 heteroatoms. The van der Waals surface area contributed by atoms with Crippen LogP contribution in [0.4, 0.5) is 0 Å². The summed E-state index contributed by atoms with van der Waals surface area (Å²) in [5, 5.41) is 8.97. The second-order valence-electron chi connectivity index (χ2n) is 3.79. The van der Waals surface area contributed by atoms with Crippen LogP contribution in [0.25, 0.3) is 0 Å². The van der Waals surface area contributed by atoms with Crippen LogP contribution in [0, 0.1) is 23.2 Å². The van der Waals surface area contributed by atoms with E-state index >= 15 is 0 Å². The predicted octanol–water partition coefficient (Wildman–Crippen LogP) is 2.74. The molecule has 1 fully saturated rings. The van der Waals surface area contributed by atoms with Gasteiger partial charge in [-0.25, -0.2) is 0 Å². The van der Waals surface area contributed by atoms with Crippen LogP contribution in [-0.2, 0) is 4.74 Å². The molecule has 2 nitrogen and oxygen atoms in total. The topological polar surface area (TPSA) is 33.0 Å². The number of ether oxygens (including phenoxy) is 1. The fraction of sp³-hybridized carbons (Fsp3) is 0.909. The minimum absolute atomic E-state index is 0.139. The number of nitriles is 1. The van der Waals surface area contributed by atoms with Crippen molar-refractivity contribution in [3.8, 4) is 6.07 Å². The van der Waals surface area contributed by atoms with Gasteiger partial charge in [0, 0.05) is 6.61 Å². The van der Waals surface area contributed by atoms with Gasteiger partial charge in [-0.05, 0) is 25.7 Å². The first-order chi connectivity index (χ1) is 6.38. The first kappa shape index (κ1) is 10.5. The predicted molar refractivity (Wildman–Crippen MR) is 52.2 cm³/mol. The second kappa shape index (κ2) is 5.99. The molecule has 13 heavy (non-hydrogen) atoms. The van der Waals surface area contributed by atoms with Gasteiger partial charge in [-0.3, -0.25) is 0 Å². The van der Waals surface area contributed by atoms with Gasteiger partial charge < -0.3 is 4.74 Å². The summed E-state index contributed by atoms with van der Waals surface area (Å²) in [7, 11) is 0. The summed E-state index contributed by atoms with van der Waals surface area (Å²) >= 11 is 0. The number of rotatable bonds is 4. The van der Waals surface area contributed by atoms with Crippen molar-refractivity contribution in [2.45, 2.75) is 39.0 Å². The Hall–Kier alpha value is -0.550. The summed E-state index contributed by atoms with van der Waals surface area (Å²) in [6, 6.07) is 2.38. The normalized spacial score (nSPS) is 20.9. The molecule has 0 N–H and O–H groups in total. The van der Waals surface area contributed by atoms with E-state index in [2.05, 4.69) is 6.07 Å². The van der Waals surface area contributed by atoms with Gasteiger partial charge in [0.1, 0.15) is 0 Å². The molecular formula is C11H19NO. The lowest BCUT2D eigenvalue weighted by Gasteiger charge is -2.25. The van der Waals surface area contributed by atoms with Crippen LogP contribution in [0.2, 0.25) is 0 Å². The Morgan fingerprint density at radius 1 is 1.38 bits per heavy atom. The highest BCUT2D eigenvalue weighted by Gasteiger charge is 2.23. The maximum atomic E-state index is 8.97. The molecule has 0 spiro atoms. The number of nitrogens with zero attached hydrogens (tertiary/aromatic N) is 1. The van der Waals surface area contributed by atoms with Crippen LogP contribution >= 0.6 is 0 Å². The fourth-order valence-electron chi connectivity index (χ4n) is 2.06. The van der Waals surface area contributed by atoms with Crippen LogP contribution in [-0.4, -0.2) is 13.2 Å². The minimum Gasteiger partial charge on any atom is -0.380 e. The van der Waals surface area contributed by atoms with E-state index in [-0.39, 0.29) is 5.92 Å². The Kier molecular flexibility index (Phi) is 4.85. The smallest absolute Gasteiger partial charge is 0.0725 e. The molecule has 1 rings (SSSR count). The summed E-state index contributed by atoms with van der Waals surface area (Å²) < 4.78 is 5.32. The van der Waals surface area contributed by atoms with Crippen molar-refractivity contribution < 1.29 is 4.74 Å². The molecule has 74 valence electrons. The molecule has 0 aliphatic heterocycles. The van der Waals surface area contributed by atoms with E-state index in [1.54, 1.807) is 0 Å². The zero-order chi connectivity index (χ0) is 9.52.